The van der Waals surface area contributed by atoms with Gasteiger partial charge in [0.05, 0.1) is 5.75 Å². The van der Waals surface area contributed by atoms with Crippen LogP contribution in [-0.4, -0.2) is 37.1 Å². The van der Waals surface area contributed by atoms with Crippen LogP contribution >= 0.6 is 0 Å². The molecule has 0 spiro atoms. The van der Waals surface area contributed by atoms with Gasteiger partial charge < -0.3 is 4.90 Å². The third-order valence-corrected chi connectivity index (χ3v) is 7.50. The Morgan fingerprint density at radius 3 is 2.65 bits per heavy atom. The summed E-state index contributed by atoms with van der Waals surface area (Å²) in [6.07, 6.45) is 3.91. The van der Waals surface area contributed by atoms with Crippen LogP contribution in [0, 0.1) is 0 Å². The summed E-state index contributed by atoms with van der Waals surface area (Å²) < 4.78 is 26.0. The molecule has 0 aromatic heterocycles. The van der Waals surface area contributed by atoms with E-state index in [0.717, 1.165) is 42.0 Å². The highest BCUT2D eigenvalue weighted by atomic mass is 32.2. The average molecular weight is 374 g/mol. The molecule has 4 nitrogen and oxygen atoms in total. The molecule has 0 saturated carbocycles. The molecule has 1 amide bonds. The number of carbonyl (C=O) groups is 1. The Labute approximate surface area is 156 Å². The van der Waals surface area contributed by atoms with Crippen molar-refractivity contribution in [3.05, 3.63) is 48.0 Å². The maximum absolute atomic E-state index is 13.0. The summed E-state index contributed by atoms with van der Waals surface area (Å²) in [7, 11) is -3.58. The fraction of sp³-hybridized carbons (Fsp3) is 0.476. The van der Waals surface area contributed by atoms with E-state index in [1.54, 1.807) is 11.8 Å². The second-order valence-electron chi connectivity index (χ2n) is 7.18. The van der Waals surface area contributed by atoms with E-state index in [0.29, 0.717) is 6.54 Å². The molecule has 1 aliphatic heterocycles. The van der Waals surface area contributed by atoms with Gasteiger partial charge in [-0.25, -0.2) is 8.42 Å². The third-order valence-electron chi connectivity index (χ3n) is 5.50. The molecule has 0 N–H and O–H groups in total. The molecule has 0 aliphatic carbocycles. The number of piperidine rings is 1. The topological polar surface area (TPSA) is 54.5 Å². The fourth-order valence-electron chi connectivity index (χ4n) is 3.86. The number of amides is 1. The highest BCUT2D eigenvalue weighted by Gasteiger charge is 2.35. The van der Waals surface area contributed by atoms with Gasteiger partial charge in [-0.2, -0.15) is 0 Å². The van der Waals surface area contributed by atoms with Crippen LogP contribution in [0.4, 0.5) is 0 Å². The number of sulfone groups is 1. The molecular formula is C21H27NO3S. The largest absolute Gasteiger partial charge is 0.339 e. The third kappa shape index (κ3) is 3.78. The Kier molecular flexibility index (Phi) is 5.66. The zero-order chi connectivity index (χ0) is 18.7. The van der Waals surface area contributed by atoms with Gasteiger partial charge in [-0.05, 0) is 48.9 Å². The molecule has 1 aliphatic rings. The zero-order valence-electron chi connectivity index (χ0n) is 15.5. The van der Waals surface area contributed by atoms with Crippen molar-refractivity contribution in [2.24, 2.45) is 0 Å². The number of rotatable bonds is 5. The van der Waals surface area contributed by atoms with Crippen molar-refractivity contribution >= 4 is 26.5 Å². The normalized spacial score (nSPS) is 19.5. The Morgan fingerprint density at radius 1 is 1.15 bits per heavy atom. The van der Waals surface area contributed by atoms with Gasteiger partial charge in [-0.3, -0.25) is 4.79 Å². The number of benzene rings is 2. The fourth-order valence-corrected chi connectivity index (χ4v) is 5.24. The van der Waals surface area contributed by atoms with Gasteiger partial charge in [0.1, 0.15) is 5.25 Å². The Morgan fingerprint density at radius 2 is 1.88 bits per heavy atom. The lowest BCUT2D eigenvalue weighted by Crippen LogP contribution is -2.49. The second kappa shape index (κ2) is 7.78. The molecule has 1 heterocycles. The van der Waals surface area contributed by atoms with Crippen molar-refractivity contribution in [3.8, 4) is 0 Å². The summed E-state index contributed by atoms with van der Waals surface area (Å²) in [6, 6.07) is 13.6. The van der Waals surface area contributed by atoms with Crippen LogP contribution in [0.25, 0.3) is 10.8 Å². The second-order valence-corrected chi connectivity index (χ2v) is 9.50. The highest BCUT2D eigenvalue weighted by molar-refractivity contribution is 7.92. The van der Waals surface area contributed by atoms with Gasteiger partial charge >= 0.3 is 0 Å². The van der Waals surface area contributed by atoms with E-state index in [-0.39, 0.29) is 17.7 Å². The Bertz CT molecular complexity index is 886. The minimum absolute atomic E-state index is 0.105. The van der Waals surface area contributed by atoms with Crippen LogP contribution in [0.15, 0.2) is 42.5 Å². The van der Waals surface area contributed by atoms with E-state index >= 15 is 0 Å². The monoisotopic (exact) mass is 373 g/mol. The smallest absolute Gasteiger partial charge is 0.240 e. The molecule has 140 valence electrons. The first-order valence-corrected chi connectivity index (χ1v) is 11.1. The predicted octanol–water partition coefficient (Wildman–Crippen LogP) is 3.93. The standard InChI is InChI=1S/C21H27NO3S/c1-3-19-12-6-7-14-22(19)21(23)16(2)26(24,25)15-18-11-8-10-17-9-4-5-13-20(17)18/h4-5,8-11,13,16,19H,3,6-7,12,14-15H2,1-2H3/t16-,19+/m1/s1. The number of likely N-dealkylation sites (tertiary alicyclic amines) is 1. The molecule has 1 saturated heterocycles. The van der Waals surface area contributed by atoms with Gasteiger partial charge in [0.2, 0.25) is 5.91 Å². The molecule has 26 heavy (non-hydrogen) atoms. The number of hydrogen-bond acceptors (Lipinski definition) is 3. The lowest BCUT2D eigenvalue weighted by atomic mass is 10.00. The zero-order valence-corrected chi connectivity index (χ0v) is 16.3. The summed E-state index contributed by atoms with van der Waals surface area (Å²) in [5, 5.41) is 0.942. The maximum Gasteiger partial charge on any atom is 0.240 e. The van der Waals surface area contributed by atoms with Crippen molar-refractivity contribution in [2.75, 3.05) is 6.54 Å². The molecule has 1 fully saturated rings. The minimum Gasteiger partial charge on any atom is -0.339 e. The van der Waals surface area contributed by atoms with Gasteiger partial charge in [0.15, 0.2) is 9.84 Å². The van der Waals surface area contributed by atoms with E-state index in [9.17, 15) is 13.2 Å². The lowest BCUT2D eigenvalue weighted by molar-refractivity contribution is -0.134. The average Bonchev–Trinajstić information content (AvgIpc) is 2.67. The molecule has 2 aromatic carbocycles. The first kappa shape index (κ1) is 18.9. The Balaban J connectivity index is 1.83. The van der Waals surface area contributed by atoms with Gasteiger partial charge in [0.25, 0.3) is 0 Å². The van der Waals surface area contributed by atoms with Crippen LogP contribution in [0.1, 0.15) is 45.1 Å². The SMILES string of the molecule is CC[C@H]1CCCCN1C(=O)[C@@H](C)S(=O)(=O)Cc1cccc2ccccc12. The summed E-state index contributed by atoms with van der Waals surface area (Å²) in [6.45, 7) is 4.28. The van der Waals surface area contributed by atoms with Crippen molar-refractivity contribution < 1.29 is 13.2 Å². The summed E-state index contributed by atoms with van der Waals surface area (Å²) in [5.41, 5.74) is 0.758. The number of carbonyl (C=O) groups excluding carboxylic acids is 1. The molecule has 0 radical (unpaired) electrons. The van der Waals surface area contributed by atoms with Crippen molar-refractivity contribution in [1.82, 2.24) is 4.90 Å². The highest BCUT2D eigenvalue weighted by Crippen LogP contribution is 2.25. The van der Waals surface area contributed by atoms with Crippen LogP contribution < -0.4 is 0 Å². The molecule has 0 bridgehead atoms. The quantitative estimate of drug-likeness (QED) is 0.798. The van der Waals surface area contributed by atoms with Crippen LogP contribution in [0.5, 0.6) is 0 Å². The summed E-state index contributed by atoms with van der Waals surface area (Å²) >= 11 is 0. The number of hydrogen-bond donors (Lipinski definition) is 0. The predicted molar refractivity (Wildman–Crippen MR) is 106 cm³/mol. The minimum atomic E-state index is -3.58. The van der Waals surface area contributed by atoms with Gasteiger partial charge in [-0.1, -0.05) is 49.4 Å². The van der Waals surface area contributed by atoms with Crippen LogP contribution in [-0.2, 0) is 20.4 Å². The molecule has 5 heteroatoms. The molecule has 2 aromatic rings. The summed E-state index contributed by atoms with van der Waals surface area (Å²) in [4.78, 5) is 14.7. The van der Waals surface area contributed by atoms with Crippen molar-refractivity contribution in [1.29, 1.82) is 0 Å². The molecule has 3 rings (SSSR count). The van der Waals surface area contributed by atoms with Crippen LogP contribution in [0.2, 0.25) is 0 Å². The summed E-state index contributed by atoms with van der Waals surface area (Å²) in [5.74, 6) is -0.344. The molecule has 2 atom stereocenters. The van der Waals surface area contributed by atoms with Crippen molar-refractivity contribution in [3.63, 3.8) is 0 Å². The van der Waals surface area contributed by atoms with E-state index < -0.39 is 15.1 Å². The van der Waals surface area contributed by atoms with E-state index in [1.807, 2.05) is 42.5 Å². The van der Waals surface area contributed by atoms with Crippen LogP contribution in [0.3, 0.4) is 0 Å². The van der Waals surface area contributed by atoms with Crippen molar-refractivity contribution in [2.45, 2.75) is 56.6 Å². The van der Waals surface area contributed by atoms with E-state index in [2.05, 4.69) is 6.92 Å². The first-order valence-electron chi connectivity index (χ1n) is 9.42. The number of nitrogens with zero attached hydrogens (tertiary/aromatic N) is 1. The van der Waals surface area contributed by atoms with E-state index in [1.165, 1.54) is 0 Å². The first-order chi connectivity index (χ1) is 12.4. The van der Waals surface area contributed by atoms with E-state index in [4.69, 9.17) is 0 Å². The lowest BCUT2D eigenvalue weighted by Gasteiger charge is -2.36. The Hall–Kier alpha value is -1.88. The van der Waals surface area contributed by atoms with Gasteiger partial charge in [-0.15, -0.1) is 0 Å². The number of fused-ring (bicyclic) bond motifs is 1. The molecular weight excluding hydrogens is 346 g/mol. The maximum atomic E-state index is 13.0. The molecule has 0 unspecified atom stereocenters. The van der Waals surface area contributed by atoms with Gasteiger partial charge in [0, 0.05) is 12.6 Å².